The average Bonchev–Trinajstić information content (AvgIpc) is 2.92. The molecule has 0 spiro atoms. The van der Waals surface area contributed by atoms with Gasteiger partial charge in [0, 0.05) is 45.9 Å². The van der Waals surface area contributed by atoms with Gasteiger partial charge in [0.05, 0.1) is 5.70 Å². The van der Waals surface area contributed by atoms with E-state index >= 15 is 0 Å². The van der Waals surface area contributed by atoms with Crippen molar-refractivity contribution in [2.75, 3.05) is 0 Å². The smallest absolute Gasteiger partial charge is 0.192 e. The molecule has 0 radical (unpaired) electrons. The quantitative estimate of drug-likeness (QED) is 0.784. The lowest BCUT2D eigenvalue weighted by molar-refractivity contribution is -0.118. The van der Waals surface area contributed by atoms with E-state index in [0.29, 0.717) is 35.1 Å². The predicted octanol–water partition coefficient (Wildman–Crippen LogP) is 4.76. The topological polar surface area (TPSA) is 46.2 Å². The van der Waals surface area contributed by atoms with Crippen LogP contribution >= 0.6 is 0 Å². The van der Waals surface area contributed by atoms with Crippen LogP contribution in [0.2, 0.25) is 0 Å². The van der Waals surface area contributed by atoms with Crippen LogP contribution in [0.15, 0.2) is 65.4 Å². The van der Waals surface area contributed by atoms with E-state index < -0.39 is 11.7 Å². The van der Waals surface area contributed by atoms with Crippen molar-refractivity contribution in [2.24, 2.45) is 5.41 Å². The first-order chi connectivity index (χ1) is 13.4. The van der Waals surface area contributed by atoms with Crippen LogP contribution in [0, 0.1) is 11.2 Å². The van der Waals surface area contributed by atoms with Crippen molar-refractivity contribution in [1.29, 1.82) is 0 Å². The van der Waals surface area contributed by atoms with Crippen LogP contribution in [0.3, 0.4) is 0 Å². The molecule has 2 aliphatic carbocycles. The Balaban J connectivity index is 1.78. The number of benzene rings is 2. The van der Waals surface area contributed by atoms with Crippen LogP contribution in [0.25, 0.3) is 5.70 Å². The lowest BCUT2D eigenvalue weighted by Crippen LogP contribution is -2.37. The van der Waals surface area contributed by atoms with Crippen molar-refractivity contribution >= 4 is 17.3 Å². The Labute approximate surface area is 163 Å². The number of hydrogen-bond donors (Lipinski definition) is 1. The predicted molar refractivity (Wildman–Crippen MR) is 105 cm³/mol. The summed E-state index contributed by atoms with van der Waals surface area (Å²) in [6.45, 7) is 4.12. The molecule has 1 aliphatic heterocycles. The lowest BCUT2D eigenvalue weighted by Gasteiger charge is -2.39. The largest absolute Gasteiger partial charge is 0.358 e. The lowest BCUT2D eigenvalue weighted by atomic mass is 9.68. The Bertz CT molecular complexity index is 1120. The molecule has 0 amide bonds. The van der Waals surface area contributed by atoms with Crippen molar-refractivity contribution in [3.63, 3.8) is 0 Å². The molecule has 0 saturated heterocycles. The third kappa shape index (κ3) is 2.34. The average molecular weight is 373 g/mol. The number of hydrogen-bond acceptors (Lipinski definition) is 3. The number of halogens is 1. The summed E-state index contributed by atoms with van der Waals surface area (Å²) in [5.41, 5.74) is 4.21. The Morgan fingerprint density at radius 2 is 1.61 bits per heavy atom. The molecule has 2 aromatic carbocycles. The van der Waals surface area contributed by atoms with Crippen molar-refractivity contribution in [2.45, 2.75) is 32.6 Å². The minimum Gasteiger partial charge on any atom is -0.358 e. The SMILES string of the molecule is CC1(C)CC(=O)C2=C(C1)NC1=C(C(=O)c3ccccc31)C2c1ccccc1F. The van der Waals surface area contributed by atoms with E-state index in [0.717, 1.165) is 17.0 Å². The fourth-order valence-corrected chi connectivity index (χ4v) is 4.81. The number of carbonyl (C=O) groups is 2. The van der Waals surface area contributed by atoms with Crippen molar-refractivity contribution in [1.82, 2.24) is 5.32 Å². The molecule has 4 heteroatoms. The van der Waals surface area contributed by atoms with E-state index in [1.165, 1.54) is 6.07 Å². The summed E-state index contributed by atoms with van der Waals surface area (Å²) in [5, 5.41) is 3.40. The Kier molecular flexibility index (Phi) is 3.51. The van der Waals surface area contributed by atoms with Gasteiger partial charge in [-0.25, -0.2) is 4.39 Å². The van der Waals surface area contributed by atoms with Gasteiger partial charge in [-0.2, -0.15) is 0 Å². The summed E-state index contributed by atoms with van der Waals surface area (Å²) in [5.74, 6) is -1.21. The van der Waals surface area contributed by atoms with E-state index in [4.69, 9.17) is 0 Å². The van der Waals surface area contributed by atoms with Crippen LogP contribution in [0.4, 0.5) is 4.39 Å². The van der Waals surface area contributed by atoms with Gasteiger partial charge in [-0.1, -0.05) is 56.3 Å². The highest BCUT2D eigenvalue weighted by Crippen LogP contribution is 2.51. The second-order valence-corrected chi connectivity index (χ2v) is 8.58. The van der Waals surface area contributed by atoms with Gasteiger partial charge in [0.1, 0.15) is 5.82 Å². The minimum absolute atomic E-state index is 0.0118. The number of carbonyl (C=O) groups excluding carboxylic acids is 2. The van der Waals surface area contributed by atoms with Gasteiger partial charge in [0.2, 0.25) is 0 Å². The highest BCUT2D eigenvalue weighted by molar-refractivity contribution is 6.23. The number of Topliss-reactive ketones (excluding diaryl/α,β-unsaturated/α-hetero) is 2. The van der Waals surface area contributed by atoms with Crippen molar-refractivity contribution in [3.8, 4) is 0 Å². The van der Waals surface area contributed by atoms with Gasteiger partial charge in [-0.3, -0.25) is 9.59 Å². The highest BCUT2D eigenvalue weighted by atomic mass is 19.1. The monoisotopic (exact) mass is 373 g/mol. The van der Waals surface area contributed by atoms with Gasteiger partial charge in [0.15, 0.2) is 11.6 Å². The summed E-state index contributed by atoms with van der Waals surface area (Å²) >= 11 is 0. The van der Waals surface area contributed by atoms with Gasteiger partial charge >= 0.3 is 0 Å². The van der Waals surface area contributed by atoms with E-state index in [-0.39, 0.29) is 17.0 Å². The van der Waals surface area contributed by atoms with Crippen molar-refractivity contribution < 1.29 is 14.0 Å². The molecule has 0 fully saturated rings. The highest BCUT2D eigenvalue weighted by Gasteiger charge is 2.46. The van der Waals surface area contributed by atoms with E-state index in [2.05, 4.69) is 19.2 Å². The molecular formula is C24H20FNO2. The Morgan fingerprint density at radius 1 is 0.929 bits per heavy atom. The fraction of sp³-hybridized carbons (Fsp3) is 0.250. The number of nitrogens with one attached hydrogen (secondary N) is 1. The fourth-order valence-electron chi connectivity index (χ4n) is 4.81. The molecule has 2 aromatic rings. The molecule has 3 aliphatic rings. The first-order valence-corrected chi connectivity index (χ1v) is 9.53. The van der Waals surface area contributed by atoms with E-state index in [1.807, 2.05) is 18.2 Å². The summed E-state index contributed by atoms with van der Waals surface area (Å²) in [6.07, 6.45) is 1.08. The zero-order valence-corrected chi connectivity index (χ0v) is 15.8. The van der Waals surface area contributed by atoms with Crippen LogP contribution in [-0.2, 0) is 4.79 Å². The molecule has 0 aromatic heterocycles. The first-order valence-electron chi connectivity index (χ1n) is 9.53. The number of rotatable bonds is 1. The summed E-state index contributed by atoms with van der Waals surface area (Å²) in [6, 6.07) is 13.9. The molecule has 0 bridgehead atoms. The zero-order chi connectivity index (χ0) is 19.6. The Morgan fingerprint density at radius 3 is 2.36 bits per heavy atom. The first kappa shape index (κ1) is 17.1. The maximum absolute atomic E-state index is 14.8. The third-order valence-electron chi connectivity index (χ3n) is 5.94. The normalized spacial score (nSPS) is 22.6. The molecule has 28 heavy (non-hydrogen) atoms. The number of dihydropyridines is 1. The maximum Gasteiger partial charge on any atom is 0.192 e. The van der Waals surface area contributed by atoms with E-state index in [9.17, 15) is 14.0 Å². The molecule has 140 valence electrons. The maximum atomic E-state index is 14.8. The number of fused-ring (bicyclic) bond motifs is 2. The molecule has 1 N–H and O–H groups in total. The number of allylic oxidation sites excluding steroid dienone is 3. The van der Waals surface area contributed by atoms with Crippen molar-refractivity contribution in [3.05, 3.63) is 87.9 Å². The second kappa shape index (κ2) is 5.74. The van der Waals surface area contributed by atoms with Crippen LogP contribution < -0.4 is 5.32 Å². The molecule has 1 unspecified atom stereocenters. The van der Waals surface area contributed by atoms with Gasteiger partial charge in [0.25, 0.3) is 0 Å². The Hall–Kier alpha value is -3.01. The van der Waals surface area contributed by atoms with Gasteiger partial charge < -0.3 is 5.32 Å². The van der Waals surface area contributed by atoms with Crippen LogP contribution in [0.1, 0.15) is 54.1 Å². The van der Waals surface area contributed by atoms with Gasteiger partial charge in [-0.05, 0) is 17.9 Å². The molecule has 5 rings (SSSR count). The van der Waals surface area contributed by atoms with Gasteiger partial charge in [-0.15, -0.1) is 0 Å². The second-order valence-electron chi connectivity index (χ2n) is 8.58. The summed E-state index contributed by atoms with van der Waals surface area (Å²) in [4.78, 5) is 26.4. The standard InChI is InChI=1S/C24H20FNO2/c1-24(2)11-17-20(18(27)12-24)19(15-9-5-6-10-16(15)25)21-22(26-17)13-7-3-4-8-14(13)23(21)28/h3-10,19,26H,11-12H2,1-2H3. The molecule has 3 nitrogen and oxygen atoms in total. The number of ketones is 2. The molecular weight excluding hydrogens is 353 g/mol. The zero-order valence-electron chi connectivity index (χ0n) is 15.8. The summed E-state index contributed by atoms with van der Waals surface area (Å²) in [7, 11) is 0. The summed E-state index contributed by atoms with van der Waals surface area (Å²) < 4.78 is 14.8. The molecule has 0 saturated carbocycles. The third-order valence-corrected chi connectivity index (χ3v) is 5.94. The van der Waals surface area contributed by atoms with Crippen LogP contribution in [-0.4, -0.2) is 11.6 Å². The van der Waals surface area contributed by atoms with Crippen LogP contribution in [0.5, 0.6) is 0 Å². The molecule has 1 atom stereocenters. The van der Waals surface area contributed by atoms with E-state index in [1.54, 1.807) is 24.3 Å². The molecule has 1 heterocycles. The minimum atomic E-state index is -0.670.